The van der Waals surface area contributed by atoms with E-state index >= 15 is 0 Å². The van der Waals surface area contributed by atoms with Gasteiger partial charge in [0.25, 0.3) is 0 Å². The first-order valence-electron chi connectivity index (χ1n) is 4.15. The zero-order valence-corrected chi connectivity index (χ0v) is 8.09. The molecule has 12 heavy (non-hydrogen) atoms. The number of ketones is 2. The van der Waals surface area contributed by atoms with Crippen LogP contribution in [0.4, 0.5) is 0 Å². The van der Waals surface area contributed by atoms with E-state index < -0.39 is 6.10 Å². The minimum Gasteiger partial charge on any atom is -0.360 e. The van der Waals surface area contributed by atoms with Gasteiger partial charge in [0, 0.05) is 0 Å². The quantitative estimate of drug-likeness (QED) is 0.588. The van der Waals surface area contributed by atoms with E-state index in [4.69, 9.17) is 4.74 Å². The Hall–Kier alpha value is -0.700. The lowest BCUT2D eigenvalue weighted by Crippen LogP contribution is -2.32. The molecule has 0 saturated heterocycles. The summed E-state index contributed by atoms with van der Waals surface area (Å²) in [6, 6.07) is 0. The third-order valence-electron chi connectivity index (χ3n) is 1.68. The molecule has 0 amide bonds. The minimum absolute atomic E-state index is 0.0391. The SMILES string of the molecule is CCC(C)OC(C(C)=O)C(C)=O. The van der Waals surface area contributed by atoms with E-state index in [1.165, 1.54) is 13.8 Å². The first-order chi connectivity index (χ1) is 5.49. The summed E-state index contributed by atoms with van der Waals surface area (Å²) in [6.07, 6.45) is -0.0976. The van der Waals surface area contributed by atoms with Crippen LogP contribution in [-0.4, -0.2) is 23.8 Å². The Labute approximate surface area is 73.1 Å². The average Bonchev–Trinajstić information content (AvgIpc) is 1.98. The Morgan fingerprint density at radius 1 is 1.25 bits per heavy atom. The fourth-order valence-electron chi connectivity index (χ4n) is 0.806. The summed E-state index contributed by atoms with van der Waals surface area (Å²) in [4.78, 5) is 21.8. The highest BCUT2D eigenvalue weighted by molar-refractivity contribution is 6.03. The molecule has 0 radical (unpaired) electrons. The van der Waals surface area contributed by atoms with Crippen molar-refractivity contribution in [3.8, 4) is 0 Å². The van der Waals surface area contributed by atoms with Crippen LogP contribution in [0.1, 0.15) is 34.1 Å². The van der Waals surface area contributed by atoms with Gasteiger partial charge in [-0.3, -0.25) is 9.59 Å². The molecule has 0 fully saturated rings. The summed E-state index contributed by atoms with van der Waals surface area (Å²) in [5.41, 5.74) is 0. The maximum absolute atomic E-state index is 10.9. The first-order valence-corrected chi connectivity index (χ1v) is 4.15. The summed E-state index contributed by atoms with van der Waals surface area (Å²) >= 11 is 0. The lowest BCUT2D eigenvalue weighted by molar-refractivity contribution is -0.143. The lowest BCUT2D eigenvalue weighted by atomic mass is 10.2. The fourth-order valence-corrected chi connectivity index (χ4v) is 0.806. The molecular formula is C9H16O3. The number of hydrogen-bond donors (Lipinski definition) is 0. The standard InChI is InChI=1S/C9H16O3/c1-5-6(2)12-9(7(3)10)8(4)11/h6,9H,5H2,1-4H3. The molecule has 0 bridgehead atoms. The van der Waals surface area contributed by atoms with Crippen molar-refractivity contribution in [1.82, 2.24) is 0 Å². The maximum Gasteiger partial charge on any atom is 0.173 e. The molecule has 0 aromatic carbocycles. The van der Waals surface area contributed by atoms with Gasteiger partial charge < -0.3 is 4.74 Å². The van der Waals surface area contributed by atoms with Gasteiger partial charge in [0.15, 0.2) is 17.7 Å². The Morgan fingerprint density at radius 3 is 1.92 bits per heavy atom. The van der Waals surface area contributed by atoms with Gasteiger partial charge in [-0.25, -0.2) is 0 Å². The third-order valence-corrected chi connectivity index (χ3v) is 1.68. The van der Waals surface area contributed by atoms with Crippen molar-refractivity contribution >= 4 is 11.6 Å². The molecule has 70 valence electrons. The number of hydrogen-bond acceptors (Lipinski definition) is 3. The molecule has 1 unspecified atom stereocenters. The second kappa shape index (κ2) is 5.04. The summed E-state index contributed by atoms with van der Waals surface area (Å²) in [5, 5.41) is 0. The molecule has 3 heteroatoms. The molecule has 1 atom stereocenters. The molecule has 0 N–H and O–H groups in total. The highest BCUT2D eigenvalue weighted by atomic mass is 16.5. The molecule has 0 spiro atoms. The van der Waals surface area contributed by atoms with Crippen molar-refractivity contribution < 1.29 is 14.3 Å². The van der Waals surface area contributed by atoms with Gasteiger partial charge in [-0.05, 0) is 27.2 Å². The Kier molecular flexibility index (Phi) is 4.74. The van der Waals surface area contributed by atoms with Crippen LogP contribution in [0.2, 0.25) is 0 Å². The van der Waals surface area contributed by atoms with Gasteiger partial charge in [-0.15, -0.1) is 0 Å². The molecule has 3 nitrogen and oxygen atoms in total. The van der Waals surface area contributed by atoms with Crippen LogP contribution in [0, 0.1) is 0 Å². The van der Waals surface area contributed by atoms with E-state index in [0.717, 1.165) is 6.42 Å². The summed E-state index contributed by atoms with van der Waals surface area (Å²) in [7, 11) is 0. The van der Waals surface area contributed by atoms with E-state index in [1.54, 1.807) is 0 Å². The van der Waals surface area contributed by atoms with Crippen LogP contribution in [0.3, 0.4) is 0 Å². The van der Waals surface area contributed by atoms with Crippen molar-refractivity contribution in [3.05, 3.63) is 0 Å². The Balaban J connectivity index is 4.14. The summed E-state index contributed by atoms with van der Waals surface area (Å²) in [6.45, 7) is 6.53. The van der Waals surface area contributed by atoms with Crippen molar-refractivity contribution in [2.24, 2.45) is 0 Å². The smallest absolute Gasteiger partial charge is 0.173 e. The Morgan fingerprint density at radius 2 is 1.67 bits per heavy atom. The van der Waals surface area contributed by atoms with E-state index in [1.807, 2.05) is 13.8 Å². The van der Waals surface area contributed by atoms with Crippen molar-refractivity contribution in [2.45, 2.75) is 46.3 Å². The first kappa shape index (κ1) is 11.3. The normalized spacial score (nSPS) is 13.1. The molecule has 0 aromatic rings. The van der Waals surface area contributed by atoms with Gasteiger partial charge in [-0.2, -0.15) is 0 Å². The predicted octanol–water partition coefficient (Wildman–Crippen LogP) is 1.35. The second-order valence-electron chi connectivity index (χ2n) is 2.96. The highest BCUT2D eigenvalue weighted by Crippen LogP contribution is 2.04. The number of ether oxygens (including phenoxy) is 1. The van der Waals surface area contributed by atoms with Crippen LogP contribution in [0.5, 0.6) is 0 Å². The zero-order chi connectivity index (χ0) is 9.72. The average molecular weight is 172 g/mol. The molecular weight excluding hydrogens is 156 g/mol. The maximum atomic E-state index is 10.9. The number of Topliss-reactive ketones (excluding diaryl/α,β-unsaturated/α-hetero) is 2. The van der Waals surface area contributed by atoms with Gasteiger partial charge >= 0.3 is 0 Å². The topological polar surface area (TPSA) is 43.4 Å². The van der Waals surface area contributed by atoms with Crippen LogP contribution in [-0.2, 0) is 14.3 Å². The number of carbonyl (C=O) groups excluding carboxylic acids is 2. The van der Waals surface area contributed by atoms with Crippen molar-refractivity contribution in [2.75, 3.05) is 0 Å². The number of rotatable bonds is 5. The molecule has 0 rings (SSSR count). The lowest BCUT2D eigenvalue weighted by Gasteiger charge is -2.16. The van der Waals surface area contributed by atoms with E-state index in [0.29, 0.717) is 0 Å². The van der Waals surface area contributed by atoms with Crippen molar-refractivity contribution in [3.63, 3.8) is 0 Å². The molecule has 0 aromatic heterocycles. The van der Waals surface area contributed by atoms with Gasteiger partial charge in [0.05, 0.1) is 6.10 Å². The molecule has 0 aliphatic heterocycles. The molecule has 0 saturated carbocycles. The second-order valence-corrected chi connectivity index (χ2v) is 2.96. The van der Waals surface area contributed by atoms with Crippen LogP contribution in [0.25, 0.3) is 0 Å². The summed E-state index contributed by atoms with van der Waals surface area (Å²) in [5.74, 6) is -0.439. The van der Waals surface area contributed by atoms with Gasteiger partial charge in [-0.1, -0.05) is 6.92 Å². The van der Waals surface area contributed by atoms with E-state index in [9.17, 15) is 9.59 Å². The predicted molar refractivity (Wildman–Crippen MR) is 46.0 cm³/mol. The minimum atomic E-state index is -0.861. The third kappa shape index (κ3) is 3.62. The highest BCUT2D eigenvalue weighted by Gasteiger charge is 2.21. The number of carbonyl (C=O) groups is 2. The van der Waals surface area contributed by atoms with Gasteiger partial charge in [0.1, 0.15) is 0 Å². The van der Waals surface area contributed by atoms with Crippen LogP contribution < -0.4 is 0 Å². The Bertz CT molecular complexity index is 161. The zero-order valence-electron chi connectivity index (χ0n) is 8.09. The summed E-state index contributed by atoms with van der Waals surface area (Å²) < 4.78 is 5.22. The fraction of sp³-hybridized carbons (Fsp3) is 0.778. The molecule has 0 aliphatic carbocycles. The van der Waals surface area contributed by atoms with Crippen molar-refractivity contribution in [1.29, 1.82) is 0 Å². The van der Waals surface area contributed by atoms with E-state index in [-0.39, 0.29) is 17.7 Å². The van der Waals surface area contributed by atoms with Crippen LogP contribution >= 0.6 is 0 Å². The van der Waals surface area contributed by atoms with E-state index in [2.05, 4.69) is 0 Å². The largest absolute Gasteiger partial charge is 0.360 e. The molecule has 0 heterocycles. The van der Waals surface area contributed by atoms with Gasteiger partial charge in [0.2, 0.25) is 0 Å². The molecule has 0 aliphatic rings. The monoisotopic (exact) mass is 172 g/mol. The van der Waals surface area contributed by atoms with Crippen LogP contribution in [0.15, 0.2) is 0 Å².